The lowest BCUT2D eigenvalue weighted by Gasteiger charge is -2.15. The molecule has 0 atom stereocenters. The first-order valence-electron chi connectivity index (χ1n) is 11.3. The maximum atomic E-state index is 12.8. The van der Waals surface area contributed by atoms with E-state index < -0.39 is 0 Å². The molecule has 0 bridgehead atoms. The lowest BCUT2D eigenvalue weighted by molar-refractivity contribution is 0.0951. The van der Waals surface area contributed by atoms with E-state index in [1.54, 1.807) is 0 Å². The number of carbonyl (C=O) groups is 1. The molecule has 1 amide bonds. The lowest BCUT2D eigenvalue weighted by atomic mass is 10.1. The smallest absolute Gasteiger partial charge is 0.253 e. The fourth-order valence-corrected chi connectivity index (χ4v) is 3.35. The molecule has 0 saturated carbocycles. The number of benzene rings is 2. The Morgan fingerprint density at radius 3 is 2.29 bits per heavy atom. The summed E-state index contributed by atoms with van der Waals surface area (Å²) < 4.78 is 0. The van der Waals surface area contributed by atoms with Gasteiger partial charge in [0.25, 0.3) is 5.91 Å². The summed E-state index contributed by atoms with van der Waals surface area (Å²) >= 11 is 0. The minimum absolute atomic E-state index is 0.0937. The number of fused-ring (bicyclic) bond motifs is 2. The number of amides is 1. The Labute approximate surface area is 198 Å². The van der Waals surface area contributed by atoms with Gasteiger partial charge in [-0.25, -0.2) is 9.97 Å². The van der Waals surface area contributed by atoms with Gasteiger partial charge in [-0.15, -0.1) is 0 Å². The van der Waals surface area contributed by atoms with Crippen LogP contribution in [-0.4, -0.2) is 101 Å². The Morgan fingerprint density at radius 1 is 0.941 bits per heavy atom. The van der Waals surface area contributed by atoms with Gasteiger partial charge in [-0.05, 0) is 39.3 Å². The Kier molecular flexibility index (Phi) is 8.19. The van der Waals surface area contributed by atoms with E-state index in [9.17, 15) is 20.1 Å². The molecule has 182 valence electrons. The minimum Gasteiger partial charge on any atom is -0.507 e. The normalized spacial score (nSPS) is 11.9. The van der Waals surface area contributed by atoms with Crippen LogP contribution in [-0.2, 0) is 0 Å². The van der Waals surface area contributed by atoms with Crippen molar-refractivity contribution in [3.8, 4) is 17.2 Å². The number of nitrogens with zero attached hydrogens (tertiary/aromatic N) is 5. The van der Waals surface area contributed by atoms with Crippen molar-refractivity contribution in [3.05, 3.63) is 29.3 Å². The monoisotopic (exact) mass is 468 g/mol. The third-order valence-electron chi connectivity index (χ3n) is 5.78. The van der Waals surface area contributed by atoms with Crippen LogP contribution in [0.5, 0.6) is 17.2 Å². The van der Waals surface area contributed by atoms with Gasteiger partial charge in [-0.3, -0.25) is 9.79 Å². The molecule has 3 aromatic rings. The van der Waals surface area contributed by atoms with Gasteiger partial charge in [0.05, 0.1) is 17.7 Å². The van der Waals surface area contributed by atoms with E-state index in [0.717, 1.165) is 19.6 Å². The number of hydrogen-bond donors (Lipinski definition) is 4. The van der Waals surface area contributed by atoms with Crippen LogP contribution in [0.4, 0.5) is 0 Å². The molecule has 0 aliphatic carbocycles. The minimum atomic E-state index is -0.358. The molecular weight excluding hydrogens is 436 g/mol. The van der Waals surface area contributed by atoms with E-state index in [1.807, 2.05) is 27.9 Å². The zero-order chi connectivity index (χ0) is 24.8. The number of aliphatic imine (C=N–C) groups is 1. The fourth-order valence-electron chi connectivity index (χ4n) is 3.35. The van der Waals surface area contributed by atoms with Crippen LogP contribution in [0.15, 0.2) is 23.2 Å². The fraction of sp³-hybridized carbons (Fsp3) is 0.417. The highest BCUT2D eigenvalue weighted by Crippen LogP contribution is 2.35. The molecule has 10 nitrogen and oxygen atoms in total. The first-order valence-corrected chi connectivity index (χ1v) is 11.3. The third-order valence-corrected chi connectivity index (χ3v) is 5.78. The van der Waals surface area contributed by atoms with Crippen LogP contribution in [0.25, 0.3) is 22.1 Å². The third kappa shape index (κ3) is 5.52. The maximum Gasteiger partial charge on any atom is 0.253 e. The van der Waals surface area contributed by atoms with Gasteiger partial charge < -0.3 is 30.4 Å². The molecule has 0 unspecified atom stereocenters. The number of rotatable bonds is 10. The van der Waals surface area contributed by atoms with E-state index >= 15 is 0 Å². The number of aromatic hydroxyl groups is 3. The van der Waals surface area contributed by atoms with Crippen LogP contribution in [0.3, 0.4) is 0 Å². The van der Waals surface area contributed by atoms with E-state index in [4.69, 9.17) is 0 Å². The summed E-state index contributed by atoms with van der Waals surface area (Å²) in [5, 5.41) is 34.2. The highest BCUT2D eigenvalue weighted by atomic mass is 16.3. The van der Waals surface area contributed by atoms with Gasteiger partial charge in [0, 0.05) is 31.9 Å². The Morgan fingerprint density at radius 2 is 1.59 bits per heavy atom. The van der Waals surface area contributed by atoms with Crippen molar-refractivity contribution >= 4 is 34.2 Å². The Bertz CT molecular complexity index is 1210. The van der Waals surface area contributed by atoms with Crippen molar-refractivity contribution in [2.75, 3.05) is 53.4 Å². The summed E-state index contributed by atoms with van der Waals surface area (Å²) in [7, 11) is 3.94. The quantitative estimate of drug-likeness (QED) is 0.262. The zero-order valence-corrected chi connectivity index (χ0v) is 20.0. The van der Waals surface area contributed by atoms with Gasteiger partial charge in [-0.1, -0.05) is 13.8 Å². The average Bonchev–Trinajstić information content (AvgIpc) is 2.82. The van der Waals surface area contributed by atoms with Crippen LogP contribution in [0.2, 0.25) is 0 Å². The summed E-state index contributed by atoms with van der Waals surface area (Å²) in [6.07, 6.45) is 1.49. The van der Waals surface area contributed by atoms with Crippen molar-refractivity contribution in [1.29, 1.82) is 0 Å². The Hall–Kier alpha value is -3.50. The second kappa shape index (κ2) is 11.1. The van der Waals surface area contributed by atoms with Crippen molar-refractivity contribution in [1.82, 2.24) is 25.1 Å². The summed E-state index contributed by atoms with van der Waals surface area (Å²) in [4.78, 5) is 30.3. The summed E-state index contributed by atoms with van der Waals surface area (Å²) in [6, 6.07) is 4.03. The largest absolute Gasteiger partial charge is 0.507 e. The molecule has 0 aliphatic heterocycles. The van der Waals surface area contributed by atoms with E-state index in [-0.39, 0.29) is 56.3 Å². The van der Waals surface area contributed by atoms with Crippen molar-refractivity contribution in [3.63, 3.8) is 0 Å². The van der Waals surface area contributed by atoms with Gasteiger partial charge in [0.1, 0.15) is 39.3 Å². The van der Waals surface area contributed by atoms with Gasteiger partial charge in [-0.2, -0.15) is 0 Å². The number of phenolic OH excluding ortho intramolecular Hbond substituents is 3. The molecule has 0 saturated heterocycles. The average molecular weight is 469 g/mol. The second-order valence-electron chi connectivity index (χ2n) is 8.16. The highest BCUT2D eigenvalue weighted by Gasteiger charge is 2.20. The summed E-state index contributed by atoms with van der Waals surface area (Å²) in [6.45, 7) is 8.22. The van der Waals surface area contributed by atoms with Crippen LogP contribution >= 0.6 is 0 Å². The van der Waals surface area contributed by atoms with Gasteiger partial charge in [0.15, 0.2) is 0 Å². The van der Waals surface area contributed by atoms with E-state index in [0.29, 0.717) is 19.6 Å². The zero-order valence-electron chi connectivity index (χ0n) is 20.0. The molecule has 0 aliphatic rings. The number of carbonyl (C=O) groups excluding carboxylic acids is 1. The molecule has 3 rings (SSSR count). The summed E-state index contributed by atoms with van der Waals surface area (Å²) in [5.74, 6) is -1.02. The molecule has 0 radical (unpaired) electrons. The number of likely N-dealkylation sites (N-methyl/N-ethyl adjacent to an activating group) is 2. The van der Waals surface area contributed by atoms with Gasteiger partial charge in [0.2, 0.25) is 0 Å². The van der Waals surface area contributed by atoms with E-state index in [2.05, 4.69) is 30.1 Å². The predicted octanol–water partition coefficient (Wildman–Crippen LogP) is 1.95. The topological polar surface area (TPSA) is 134 Å². The predicted molar refractivity (Wildman–Crippen MR) is 133 cm³/mol. The van der Waals surface area contributed by atoms with Crippen LogP contribution < -0.4 is 5.32 Å². The first-order chi connectivity index (χ1) is 16.3. The second-order valence-corrected chi connectivity index (χ2v) is 8.16. The number of hydrogen-bond acceptors (Lipinski definition) is 9. The molecule has 0 spiro atoms. The molecule has 34 heavy (non-hydrogen) atoms. The molecule has 4 N–H and O–H groups in total. The van der Waals surface area contributed by atoms with Gasteiger partial charge >= 0.3 is 0 Å². The summed E-state index contributed by atoms with van der Waals surface area (Å²) in [5.41, 5.74) is 1.03. The lowest BCUT2D eigenvalue weighted by Crippen LogP contribution is -2.33. The number of aromatic nitrogens is 2. The molecule has 10 heteroatoms. The van der Waals surface area contributed by atoms with Crippen molar-refractivity contribution in [2.45, 2.75) is 13.8 Å². The highest BCUT2D eigenvalue weighted by molar-refractivity contribution is 6.10. The SMILES string of the molecule is CCN(C)CCN=Cc1c(O)cc(O)c2nc3c(C(=O)NCCN(C)CC)ccc(O)c3nc12. The number of phenols is 3. The first kappa shape index (κ1) is 25.1. The standard InChI is InChI=1S/C24H32N6O4/c1-5-29(3)11-9-25-14-16-18(32)13-19(33)23-21(16)28-22-17(31)8-7-15(20(22)27-23)24(34)26-10-12-30(4)6-2/h7-8,13-14,31-33H,5-6,9-12H2,1-4H3,(H,26,34). The maximum absolute atomic E-state index is 12.8. The molecule has 0 fully saturated rings. The van der Waals surface area contributed by atoms with E-state index in [1.165, 1.54) is 24.4 Å². The van der Waals surface area contributed by atoms with Crippen molar-refractivity contribution in [2.24, 2.45) is 4.99 Å². The number of nitrogens with one attached hydrogen (secondary N) is 1. The van der Waals surface area contributed by atoms with Crippen LogP contribution in [0.1, 0.15) is 29.8 Å². The Balaban J connectivity index is 2.04. The van der Waals surface area contributed by atoms with Crippen LogP contribution in [0, 0.1) is 0 Å². The molecule has 1 aromatic heterocycles. The molecular formula is C24H32N6O4. The molecule has 1 heterocycles. The molecule has 2 aromatic carbocycles. The van der Waals surface area contributed by atoms with Crippen molar-refractivity contribution < 1.29 is 20.1 Å².